The van der Waals surface area contributed by atoms with E-state index in [1.54, 1.807) is 10.4 Å². The zero-order valence-electron chi connectivity index (χ0n) is 16.0. The number of thiophene rings is 1. The van der Waals surface area contributed by atoms with Crippen molar-refractivity contribution in [2.45, 2.75) is 64.6 Å². The summed E-state index contributed by atoms with van der Waals surface area (Å²) in [5.41, 5.74) is 1.54. The molecule has 0 aromatic carbocycles. The summed E-state index contributed by atoms with van der Waals surface area (Å²) < 4.78 is 0. The van der Waals surface area contributed by atoms with E-state index in [0.717, 1.165) is 12.0 Å². The van der Waals surface area contributed by atoms with Crippen LogP contribution in [0.1, 0.15) is 55.9 Å². The minimum Gasteiger partial charge on any atom is -0.300 e. The number of hydrogen-bond acceptors (Lipinski definition) is 4. The summed E-state index contributed by atoms with van der Waals surface area (Å²) in [4.78, 5) is 9.61. The van der Waals surface area contributed by atoms with Crippen LogP contribution in [0.4, 0.5) is 0 Å². The first-order chi connectivity index (χ1) is 12.3. The molecule has 1 aromatic rings. The Bertz CT molecular complexity index is 523. The van der Waals surface area contributed by atoms with E-state index in [2.05, 4.69) is 33.1 Å². The minimum absolute atomic E-state index is 0.804. The fourth-order valence-electron chi connectivity index (χ4n) is 5.05. The molecule has 3 aliphatic rings. The second kappa shape index (κ2) is 8.51. The largest absolute Gasteiger partial charge is 0.300 e. The summed E-state index contributed by atoms with van der Waals surface area (Å²) in [5, 5.41) is 2.40. The van der Waals surface area contributed by atoms with Crippen molar-refractivity contribution in [2.75, 3.05) is 39.3 Å². The maximum atomic E-state index is 2.74. The van der Waals surface area contributed by atoms with Gasteiger partial charge in [-0.25, -0.2) is 0 Å². The van der Waals surface area contributed by atoms with E-state index in [9.17, 15) is 0 Å². The van der Waals surface area contributed by atoms with Gasteiger partial charge < -0.3 is 4.90 Å². The second-order valence-corrected chi connectivity index (χ2v) is 9.50. The molecule has 4 rings (SSSR count). The van der Waals surface area contributed by atoms with Gasteiger partial charge in [0.15, 0.2) is 0 Å². The Kier molecular flexibility index (Phi) is 6.12. The summed E-state index contributed by atoms with van der Waals surface area (Å²) >= 11 is 1.98. The first-order valence-corrected chi connectivity index (χ1v) is 11.4. The molecule has 0 amide bonds. The lowest BCUT2D eigenvalue weighted by Crippen LogP contribution is -2.42. The van der Waals surface area contributed by atoms with E-state index in [4.69, 9.17) is 0 Å². The van der Waals surface area contributed by atoms with Crippen LogP contribution in [0.2, 0.25) is 0 Å². The number of rotatable bonds is 6. The lowest BCUT2D eigenvalue weighted by atomic mass is 9.89. The van der Waals surface area contributed by atoms with Crippen LogP contribution in [-0.4, -0.2) is 60.0 Å². The third kappa shape index (κ3) is 4.65. The van der Waals surface area contributed by atoms with Crippen LogP contribution < -0.4 is 0 Å². The Labute approximate surface area is 158 Å². The summed E-state index contributed by atoms with van der Waals surface area (Å²) in [6.45, 7) is 12.7. The van der Waals surface area contributed by atoms with Crippen LogP contribution in [0, 0.1) is 5.92 Å². The van der Waals surface area contributed by atoms with E-state index >= 15 is 0 Å². The highest BCUT2D eigenvalue weighted by molar-refractivity contribution is 7.10. The molecule has 0 spiro atoms. The van der Waals surface area contributed by atoms with Crippen LogP contribution >= 0.6 is 11.3 Å². The Balaban J connectivity index is 1.22. The number of piperidine rings is 1. The van der Waals surface area contributed by atoms with E-state index in [1.165, 1.54) is 90.9 Å². The van der Waals surface area contributed by atoms with Crippen LogP contribution in [0.15, 0.2) is 11.4 Å². The van der Waals surface area contributed by atoms with Crippen molar-refractivity contribution in [1.29, 1.82) is 0 Å². The van der Waals surface area contributed by atoms with Gasteiger partial charge in [-0.05, 0) is 108 Å². The first-order valence-electron chi connectivity index (χ1n) is 10.5. The van der Waals surface area contributed by atoms with Gasteiger partial charge in [-0.2, -0.15) is 0 Å². The molecule has 3 fully saturated rings. The van der Waals surface area contributed by atoms with Crippen molar-refractivity contribution in [3.05, 3.63) is 21.9 Å². The predicted molar refractivity (Wildman–Crippen MR) is 107 cm³/mol. The van der Waals surface area contributed by atoms with Crippen LogP contribution in [0.5, 0.6) is 0 Å². The zero-order valence-corrected chi connectivity index (χ0v) is 16.8. The predicted octanol–water partition coefficient (Wildman–Crippen LogP) is 4.04. The van der Waals surface area contributed by atoms with Gasteiger partial charge in [0.2, 0.25) is 0 Å². The minimum atomic E-state index is 0.804. The van der Waals surface area contributed by atoms with E-state index in [1.807, 2.05) is 11.3 Å². The number of likely N-dealkylation sites (tertiary alicyclic amines) is 3. The highest BCUT2D eigenvalue weighted by Crippen LogP contribution is 2.28. The molecule has 0 aliphatic carbocycles. The number of nitrogens with zero attached hydrogens (tertiary/aromatic N) is 3. The molecule has 4 heteroatoms. The average molecular weight is 362 g/mol. The zero-order chi connectivity index (χ0) is 17.1. The lowest BCUT2D eigenvalue weighted by Gasteiger charge is -2.38. The number of hydrogen-bond donors (Lipinski definition) is 0. The van der Waals surface area contributed by atoms with Gasteiger partial charge in [-0.1, -0.05) is 0 Å². The fraction of sp³-hybridized carbons (Fsp3) is 0.810. The van der Waals surface area contributed by atoms with E-state index in [0.29, 0.717) is 0 Å². The molecule has 0 N–H and O–H groups in total. The van der Waals surface area contributed by atoms with Gasteiger partial charge in [0.25, 0.3) is 0 Å². The third-order valence-electron chi connectivity index (χ3n) is 6.72. The smallest absolute Gasteiger partial charge is 0.0328 e. The van der Waals surface area contributed by atoms with Gasteiger partial charge in [0, 0.05) is 24.0 Å². The molecule has 140 valence electrons. The van der Waals surface area contributed by atoms with Crippen molar-refractivity contribution in [1.82, 2.24) is 14.7 Å². The summed E-state index contributed by atoms with van der Waals surface area (Å²) in [6, 6.07) is 3.28. The van der Waals surface area contributed by atoms with Crippen molar-refractivity contribution >= 4 is 11.3 Å². The fourth-order valence-corrected chi connectivity index (χ4v) is 5.97. The topological polar surface area (TPSA) is 9.72 Å². The molecular weight excluding hydrogens is 326 g/mol. The van der Waals surface area contributed by atoms with Crippen molar-refractivity contribution in [3.63, 3.8) is 0 Å². The second-order valence-electron chi connectivity index (χ2n) is 8.50. The van der Waals surface area contributed by atoms with Gasteiger partial charge in [-0.3, -0.25) is 9.80 Å². The summed E-state index contributed by atoms with van der Waals surface area (Å²) in [7, 11) is 0. The summed E-state index contributed by atoms with van der Waals surface area (Å²) in [6.07, 6.45) is 8.40. The van der Waals surface area contributed by atoms with Crippen molar-refractivity contribution < 1.29 is 0 Å². The van der Waals surface area contributed by atoms with Gasteiger partial charge in [0.05, 0.1) is 0 Å². The molecule has 3 nitrogen and oxygen atoms in total. The average Bonchev–Trinajstić information content (AvgIpc) is 3.38. The molecule has 3 saturated heterocycles. The Morgan fingerprint density at radius 1 is 0.920 bits per heavy atom. The quantitative estimate of drug-likeness (QED) is 0.757. The van der Waals surface area contributed by atoms with Crippen LogP contribution in [0.3, 0.4) is 0 Å². The summed E-state index contributed by atoms with van der Waals surface area (Å²) in [5.74, 6) is 0.920. The highest BCUT2D eigenvalue weighted by Gasteiger charge is 2.29. The molecule has 1 atom stereocenters. The monoisotopic (exact) mass is 361 g/mol. The SMILES string of the molecule is C[C@@H](C1CCN(Cc2cc(CN3CCCC3)cs2)CC1)N1CCCC1. The van der Waals surface area contributed by atoms with Gasteiger partial charge in [0.1, 0.15) is 0 Å². The molecule has 0 bridgehead atoms. The Morgan fingerprint density at radius 3 is 2.28 bits per heavy atom. The normalized spacial score (nSPS) is 25.8. The first kappa shape index (κ1) is 18.0. The Hall–Kier alpha value is -0.420. The molecule has 25 heavy (non-hydrogen) atoms. The Morgan fingerprint density at radius 2 is 1.56 bits per heavy atom. The maximum Gasteiger partial charge on any atom is 0.0328 e. The van der Waals surface area contributed by atoms with Crippen molar-refractivity contribution in [2.24, 2.45) is 5.92 Å². The van der Waals surface area contributed by atoms with Gasteiger partial charge in [-0.15, -0.1) is 11.3 Å². The van der Waals surface area contributed by atoms with Crippen LogP contribution in [-0.2, 0) is 13.1 Å². The van der Waals surface area contributed by atoms with Gasteiger partial charge >= 0.3 is 0 Å². The molecule has 0 unspecified atom stereocenters. The van der Waals surface area contributed by atoms with E-state index in [-0.39, 0.29) is 0 Å². The molecule has 0 saturated carbocycles. The molecule has 1 aromatic heterocycles. The highest BCUT2D eigenvalue weighted by atomic mass is 32.1. The maximum absolute atomic E-state index is 2.74. The van der Waals surface area contributed by atoms with Crippen LogP contribution in [0.25, 0.3) is 0 Å². The molecule has 4 heterocycles. The third-order valence-corrected chi connectivity index (χ3v) is 7.69. The van der Waals surface area contributed by atoms with E-state index < -0.39 is 0 Å². The van der Waals surface area contributed by atoms with Crippen molar-refractivity contribution in [3.8, 4) is 0 Å². The molecule has 3 aliphatic heterocycles. The molecular formula is C21H35N3S. The lowest BCUT2D eigenvalue weighted by molar-refractivity contribution is 0.108. The molecule has 0 radical (unpaired) electrons. The standard InChI is InChI=1S/C21H35N3S/c1-18(24-10-4-5-11-24)20-6-12-23(13-7-20)16-21-14-19(17-25-21)15-22-8-2-3-9-22/h14,17-18,20H,2-13,15-16H2,1H3/t18-/m0/s1.